The molecule has 102 valence electrons. The van der Waals surface area contributed by atoms with Gasteiger partial charge in [0.1, 0.15) is 0 Å². The predicted octanol–water partition coefficient (Wildman–Crippen LogP) is 1.06. The lowest BCUT2D eigenvalue weighted by atomic mass is 9.98. The molecule has 0 saturated heterocycles. The van der Waals surface area contributed by atoms with Crippen molar-refractivity contribution >= 4 is 23.3 Å². The number of carboxylic acids is 1. The normalized spacial score (nSPS) is 11.7. The number of rotatable bonds is 5. The fourth-order valence-electron chi connectivity index (χ4n) is 1.59. The minimum Gasteiger partial charge on any atom is -0.478 e. The van der Waals surface area contributed by atoms with Gasteiger partial charge < -0.3 is 16.2 Å². The summed E-state index contributed by atoms with van der Waals surface area (Å²) in [5.41, 5.74) is 5.72. The number of hydrogen-bond donors (Lipinski definition) is 3. The number of aromatic carboxylic acids is 1. The van der Waals surface area contributed by atoms with E-state index in [1.807, 2.05) is 0 Å². The molecule has 0 unspecified atom stereocenters. The van der Waals surface area contributed by atoms with Crippen LogP contribution in [0.1, 0.15) is 41.0 Å². The van der Waals surface area contributed by atoms with Crippen molar-refractivity contribution in [3.8, 4) is 0 Å². The molecule has 0 spiro atoms. The molecule has 4 N–H and O–H groups in total. The lowest BCUT2D eigenvalue weighted by Crippen LogP contribution is -2.38. The Morgan fingerprint density at radius 2 is 1.95 bits per heavy atom. The summed E-state index contributed by atoms with van der Waals surface area (Å²) in [6, 6.07) is 3.20. The number of ketones is 1. The smallest absolute Gasteiger partial charge is 0.336 e. The van der Waals surface area contributed by atoms with Crippen molar-refractivity contribution in [1.82, 2.24) is 5.32 Å². The van der Waals surface area contributed by atoms with E-state index in [4.69, 9.17) is 10.8 Å². The molecule has 6 heteroatoms. The van der Waals surface area contributed by atoms with Crippen LogP contribution < -0.4 is 11.1 Å². The predicted molar refractivity (Wildman–Crippen MR) is 70.0 cm³/mol. The van der Waals surface area contributed by atoms with E-state index in [2.05, 4.69) is 5.32 Å². The molecule has 19 heavy (non-hydrogen) atoms. The summed E-state index contributed by atoms with van der Waals surface area (Å²) in [4.78, 5) is 34.4. The van der Waals surface area contributed by atoms with Crippen LogP contribution in [0.5, 0.6) is 0 Å². The first-order chi connectivity index (χ1) is 8.86. The lowest BCUT2D eigenvalue weighted by Gasteiger charge is -2.14. The number of carbonyl (C=O) groups is 3. The SMILES string of the molecule is CCC(=O)N[C@@H](C)C(=O)c1cc(N)ccc1C(=O)O. The van der Waals surface area contributed by atoms with Crippen molar-refractivity contribution in [3.63, 3.8) is 0 Å². The third-order valence-electron chi connectivity index (χ3n) is 2.63. The number of nitrogen functional groups attached to an aromatic ring is 1. The van der Waals surface area contributed by atoms with E-state index >= 15 is 0 Å². The zero-order valence-corrected chi connectivity index (χ0v) is 10.8. The van der Waals surface area contributed by atoms with Crippen LogP contribution in [0.3, 0.4) is 0 Å². The summed E-state index contributed by atoms with van der Waals surface area (Å²) < 4.78 is 0. The van der Waals surface area contributed by atoms with E-state index in [0.717, 1.165) is 0 Å². The molecule has 1 rings (SSSR count). The van der Waals surface area contributed by atoms with Gasteiger partial charge in [-0.2, -0.15) is 0 Å². The number of carbonyl (C=O) groups excluding carboxylic acids is 2. The van der Waals surface area contributed by atoms with E-state index in [1.54, 1.807) is 6.92 Å². The van der Waals surface area contributed by atoms with E-state index in [0.29, 0.717) is 5.69 Å². The Kier molecular flexibility index (Phi) is 4.63. The van der Waals surface area contributed by atoms with Crippen LogP contribution in [-0.4, -0.2) is 28.8 Å². The molecule has 0 radical (unpaired) electrons. The second-order valence-electron chi connectivity index (χ2n) is 4.12. The maximum Gasteiger partial charge on any atom is 0.336 e. The molecular formula is C13H16N2O4. The molecule has 0 aliphatic rings. The number of carboxylic acid groups (broad SMARTS) is 1. The number of benzene rings is 1. The fourth-order valence-corrected chi connectivity index (χ4v) is 1.59. The van der Waals surface area contributed by atoms with Crippen LogP contribution in [0, 0.1) is 0 Å². The van der Waals surface area contributed by atoms with Crippen LogP contribution in [0.15, 0.2) is 18.2 Å². The van der Waals surface area contributed by atoms with Gasteiger partial charge in [-0.1, -0.05) is 6.92 Å². The molecule has 0 fully saturated rings. The molecule has 0 aromatic heterocycles. The molecule has 0 bridgehead atoms. The Labute approximate surface area is 110 Å². The van der Waals surface area contributed by atoms with Gasteiger partial charge in [-0.05, 0) is 25.1 Å². The summed E-state index contributed by atoms with van der Waals surface area (Å²) >= 11 is 0. The van der Waals surface area contributed by atoms with Crippen LogP contribution in [-0.2, 0) is 4.79 Å². The Hall–Kier alpha value is -2.37. The zero-order chi connectivity index (χ0) is 14.6. The van der Waals surface area contributed by atoms with Crippen LogP contribution in [0.2, 0.25) is 0 Å². The highest BCUT2D eigenvalue weighted by atomic mass is 16.4. The van der Waals surface area contributed by atoms with Gasteiger partial charge in [-0.3, -0.25) is 9.59 Å². The summed E-state index contributed by atoms with van der Waals surface area (Å²) in [5, 5.41) is 11.5. The molecule has 0 saturated carbocycles. The minimum absolute atomic E-state index is 0.00333. The van der Waals surface area contributed by atoms with Gasteiger partial charge in [0.2, 0.25) is 5.91 Å². The zero-order valence-electron chi connectivity index (χ0n) is 10.8. The van der Waals surface area contributed by atoms with Gasteiger partial charge in [-0.15, -0.1) is 0 Å². The topological polar surface area (TPSA) is 109 Å². The maximum atomic E-state index is 12.1. The summed E-state index contributed by atoms with van der Waals surface area (Å²) in [7, 11) is 0. The fraction of sp³-hybridized carbons (Fsp3) is 0.308. The first-order valence-electron chi connectivity index (χ1n) is 5.83. The third kappa shape index (κ3) is 3.54. The van der Waals surface area contributed by atoms with Crippen LogP contribution in [0.25, 0.3) is 0 Å². The quantitative estimate of drug-likeness (QED) is 0.544. The second kappa shape index (κ2) is 5.99. The molecule has 1 amide bonds. The van der Waals surface area contributed by atoms with Crippen molar-refractivity contribution in [2.24, 2.45) is 0 Å². The van der Waals surface area contributed by atoms with Crippen molar-refractivity contribution in [2.45, 2.75) is 26.3 Å². The first kappa shape index (κ1) is 14.7. The van der Waals surface area contributed by atoms with Gasteiger partial charge in [0.25, 0.3) is 0 Å². The highest BCUT2D eigenvalue weighted by molar-refractivity contribution is 6.09. The molecule has 1 aromatic rings. The van der Waals surface area contributed by atoms with E-state index < -0.39 is 17.8 Å². The Bertz CT molecular complexity index is 525. The molecule has 1 aromatic carbocycles. The van der Waals surface area contributed by atoms with Crippen molar-refractivity contribution in [3.05, 3.63) is 29.3 Å². The summed E-state index contributed by atoms with van der Waals surface area (Å²) in [6.07, 6.45) is 0.250. The summed E-state index contributed by atoms with van der Waals surface area (Å²) in [5.74, 6) is -1.97. The van der Waals surface area contributed by atoms with Crippen LogP contribution in [0.4, 0.5) is 5.69 Å². The average Bonchev–Trinajstić information content (AvgIpc) is 2.36. The highest BCUT2D eigenvalue weighted by Crippen LogP contribution is 2.16. The Morgan fingerprint density at radius 1 is 1.32 bits per heavy atom. The van der Waals surface area contributed by atoms with E-state index in [-0.39, 0.29) is 23.5 Å². The monoisotopic (exact) mass is 264 g/mol. The molecule has 1 atom stereocenters. The standard InChI is InChI=1S/C13H16N2O4/c1-3-11(16)15-7(2)12(17)10-6-8(14)4-5-9(10)13(18)19/h4-7H,3,14H2,1-2H3,(H,15,16)(H,18,19)/t7-/m0/s1. The Morgan fingerprint density at radius 3 is 2.47 bits per heavy atom. The van der Waals surface area contributed by atoms with Gasteiger partial charge >= 0.3 is 5.97 Å². The number of anilines is 1. The maximum absolute atomic E-state index is 12.1. The van der Waals surface area contributed by atoms with Crippen molar-refractivity contribution in [1.29, 1.82) is 0 Å². The first-order valence-corrected chi connectivity index (χ1v) is 5.83. The molecule has 6 nitrogen and oxygen atoms in total. The van der Waals surface area contributed by atoms with Gasteiger partial charge in [0, 0.05) is 17.7 Å². The van der Waals surface area contributed by atoms with Crippen LogP contribution >= 0.6 is 0 Å². The Balaban J connectivity index is 3.07. The second-order valence-corrected chi connectivity index (χ2v) is 4.12. The molecule has 0 aliphatic heterocycles. The molecular weight excluding hydrogens is 248 g/mol. The summed E-state index contributed by atoms with van der Waals surface area (Å²) in [6.45, 7) is 3.17. The van der Waals surface area contributed by atoms with Crippen molar-refractivity contribution < 1.29 is 19.5 Å². The number of amides is 1. The lowest BCUT2D eigenvalue weighted by molar-refractivity contribution is -0.121. The number of nitrogens with two attached hydrogens (primary N) is 1. The average molecular weight is 264 g/mol. The highest BCUT2D eigenvalue weighted by Gasteiger charge is 2.22. The van der Waals surface area contributed by atoms with E-state index in [9.17, 15) is 14.4 Å². The van der Waals surface area contributed by atoms with Crippen molar-refractivity contribution in [2.75, 3.05) is 5.73 Å². The minimum atomic E-state index is -1.21. The van der Waals surface area contributed by atoms with Gasteiger partial charge in [0.05, 0.1) is 11.6 Å². The van der Waals surface area contributed by atoms with E-state index in [1.165, 1.54) is 25.1 Å². The molecule has 0 aliphatic carbocycles. The third-order valence-corrected chi connectivity index (χ3v) is 2.63. The number of nitrogens with one attached hydrogen (secondary N) is 1. The van der Waals surface area contributed by atoms with Gasteiger partial charge in [0.15, 0.2) is 5.78 Å². The number of Topliss-reactive ketones (excluding diaryl/α,β-unsaturated/α-hetero) is 1. The largest absolute Gasteiger partial charge is 0.478 e. The molecule has 0 heterocycles. The van der Waals surface area contributed by atoms with Gasteiger partial charge in [-0.25, -0.2) is 4.79 Å². The number of hydrogen-bond acceptors (Lipinski definition) is 4.